The summed E-state index contributed by atoms with van der Waals surface area (Å²) in [5, 5.41) is 10.3. The molecule has 1 aromatic heterocycles. The van der Waals surface area contributed by atoms with E-state index >= 15 is 0 Å². The van der Waals surface area contributed by atoms with Crippen LogP contribution in [0.15, 0.2) is 46.0 Å². The van der Waals surface area contributed by atoms with Crippen molar-refractivity contribution in [1.29, 1.82) is 0 Å². The van der Waals surface area contributed by atoms with Crippen LogP contribution in [0.2, 0.25) is 5.02 Å². The molecular formula is C22H19ClF3N3O3S. The van der Waals surface area contributed by atoms with E-state index in [1.165, 1.54) is 24.0 Å². The zero-order valence-corrected chi connectivity index (χ0v) is 18.8. The van der Waals surface area contributed by atoms with E-state index in [1.807, 2.05) is 12.1 Å². The van der Waals surface area contributed by atoms with Crippen LogP contribution in [-0.4, -0.2) is 21.9 Å². The fourth-order valence-electron chi connectivity index (χ4n) is 3.41. The van der Waals surface area contributed by atoms with Crippen molar-refractivity contribution in [2.24, 2.45) is 0 Å². The van der Waals surface area contributed by atoms with Crippen LogP contribution in [0, 0.1) is 0 Å². The summed E-state index contributed by atoms with van der Waals surface area (Å²) in [6, 6.07) is 8.74. The quantitative estimate of drug-likeness (QED) is 0.408. The first-order valence-corrected chi connectivity index (χ1v) is 11.5. The van der Waals surface area contributed by atoms with E-state index in [4.69, 9.17) is 20.8 Å². The molecule has 0 atom stereocenters. The second kappa shape index (κ2) is 10.0. The highest BCUT2D eigenvalue weighted by Gasteiger charge is 2.31. The number of hydrogen-bond donors (Lipinski definition) is 1. The van der Waals surface area contributed by atoms with Crippen molar-refractivity contribution in [2.75, 3.05) is 11.1 Å². The Morgan fingerprint density at radius 2 is 1.91 bits per heavy atom. The van der Waals surface area contributed by atoms with Crippen molar-refractivity contribution in [3.63, 3.8) is 0 Å². The molecule has 6 nitrogen and oxygen atoms in total. The molecule has 1 amide bonds. The first-order valence-electron chi connectivity index (χ1n) is 10.1. The zero-order chi connectivity index (χ0) is 23.4. The van der Waals surface area contributed by atoms with Gasteiger partial charge < -0.3 is 14.5 Å². The molecule has 1 heterocycles. The van der Waals surface area contributed by atoms with Gasteiger partial charge in [0.15, 0.2) is 6.61 Å². The number of halogens is 4. The van der Waals surface area contributed by atoms with Gasteiger partial charge in [-0.25, -0.2) is 0 Å². The Labute approximate surface area is 196 Å². The lowest BCUT2D eigenvalue weighted by molar-refractivity contribution is -0.137. The zero-order valence-electron chi connectivity index (χ0n) is 17.2. The van der Waals surface area contributed by atoms with E-state index < -0.39 is 17.6 Å². The Morgan fingerprint density at radius 3 is 2.70 bits per heavy atom. The minimum atomic E-state index is -4.54. The molecule has 0 aliphatic heterocycles. The first-order chi connectivity index (χ1) is 15.8. The number of aromatic nitrogens is 2. The van der Waals surface area contributed by atoms with Crippen LogP contribution in [0.1, 0.15) is 35.4 Å². The number of carbonyl (C=O) groups is 1. The van der Waals surface area contributed by atoms with Crippen molar-refractivity contribution >= 4 is 35.0 Å². The third-order valence-corrected chi connectivity index (χ3v) is 6.17. The van der Waals surface area contributed by atoms with Crippen LogP contribution in [0.3, 0.4) is 0 Å². The van der Waals surface area contributed by atoms with E-state index in [1.54, 1.807) is 0 Å². The normalized spacial score (nSPS) is 13.5. The third-order valence-electron chi connectivity index (χ3n) is 5.03. The molecule has 3 aromatic rings. The highest BCUT2D eigenvalue weighted by atomic mass is 35.5. The molecule has 0 spiro atoms. The molecule has 174 valence electrons. The summed E-state index contributed by atoms with van der Waals surface area (Å²) in [5.41, 5.74) is 1.62. The van der Waals surface area contributed by atoms with Gasteiger partial charge in [-0.2, -0.15) is 13.2 Å². The summed E-state index contributed by atoms with van der Waals surface area (Å²) < 4.78 is 49.8. The number of nitrogens with one attached hydrogen (secondary N) is 1. The second-order valence-corrected chi connectivity index (χ2v) is 8.75. The minimum absolute atomic E-state index is 0.000697. The van der Waals surface area contributed by atoms with Crippen molar-refractivity contribution in [2.45, 2.75) is 43.7 Å². The van der Waals surface area contributed by atoms with Crippen LogP contribution in [0.25, 0.3) is 0 Å². The molecule has 0 bridgehead atoms. The number of nitrogens with zero attached hydrogens (tertiary/aromatic N) is 2. The first kappa shape index (κ1) is 23.4. The average molecular weight is 498 g/mol. The standard InChI is InChI=1S/C22H19ClF3N3O3S/c23-17-8-6-15(22(24,25)26)10-18(17)27-19(30)12-33-21-29-28-20(32-21)11-31-16-7-5-13-3-1-2-4-14(13)9-16/h5-10H,1-4,11-12H2,(H,27,30). The molecule has 0 saturated heterocycles. The van der Waals surface area contributed by atoms with Gasteiger partial charge in [0, 0.05) is 0 Å². The monoisotopic (exact) mass is 497 g/mol. The Hall–Kier alpha value is -2.72. The Kier molecular flexibility index (Phi) is 7.14. The second-order valence-electron chi connectivity index (χ2n) is 7.42. The number of hydrogen-bond acceptors (Lipinski definition) is 6. The van der Waals surface area contributed by atoms with Gasteiger partial charge in [0.05, 0.1) is 22.0 Å². The molecule has 11 heteroatoms. The highest BCUT2D eigenvalue weighted by Crippen LogP contribution is 2.34. The molecule has 1 N–H and O–H groups in total. The minimum Gasteiger partial charge on any atom is -0.484 e. The van der Waals surface area contributed by atoms with Gasteiger partial charge >= 0.3 is 6.18 Å². The molecule has 33 heavy (non-hydrogen) atoms. The molecule has 0 unspecified atom stereocenters. The number of aryl methyl sites for hydroxylation is 2. The molecule has 0 fully saturated rings. The lowest BCUT2D eigenvalue weighted by atomic mass is 9.92. The number of ether oxygens (including phenoxy) is 1. The number of thioether (sulfide) groups is 1. The van der Waals surface area contributed by atoms with Gasteiger partial charge in [-0.15, -0.1) is 10.2 Å². The molecule has 4 rings (SSSR count). The molecule has 1 aliphatic rings. The Morgan fingerprint density at radius 1 is 1.12 bits per heavy atom. The largest absolute Gasteiger partial charge is 0.484 e. The maximum Gasteiger partial charge on any atom is 0.416 e. The van der Waals surface area contributed by atoms with E-state index in [9.17, 15) is 18.0 Å². The summed E-state index contributed by atoms with van der Waals surface area (Å²) in [6.45, 7) is 0.0817. The van der Waals surface area contributed by atoms with E-state index in [2.05, 4.69) is 21.6 Å². The molecular weight excluding hydrogens is 479 g/mol. The smallest absolute Gasteiger partial charge is 0.416 e. The van der Waals surface area contributed by atoms with Crippen molar-refractivity contribution in [3.05, 3.63) is 64.0 Å². The predicted molar refractivity (Wildman–Crippen MR) is 118 cm³/mol. The maximum absolute atomic E-state index is 12.9. The summed E-state index contributed by atoms with van der Waals surface area (Å²) in [6.07, 6.45) is -0.0237. The number of fused-ring (bicyclic) bond motifs is 1. The van der Waals surface area contributed by atoms with Gasteiger partial charge in [-0.1, -0.05) is 29.4 Å². The summed E-state index contributed by atoms with van der Waals surface area (Å²) in [5.74, 6) is 0.253. The molecule has 1 aliphatic carbocycles. The van der Waals surface area contributed by atoms with E-state index in [0.29, 0.717) is 0 Å². The number of alkyl halides is 3. The summed E-state index contributed by atoms with van der Waals surface area (Å²) >= 11 is 6.84. The predicted octanol–water partition coefficient (Wildman–Crippen LogP) is 5.93. The number of amides is 1. The van der Waals surface area contributed by atoms with Crippen LogP contribution >= 0.6 is 23.4 Å². The van der Waals surface area contributed by atoms with Gasteiger partial charge in [0.1, 0.15) is 5.75 Å². The van der Waals surface area contributed by atoms with Crippen LogP contribution in [0.4, 0.5) is 18.9 Å². The SMILES string of the molecule is O=C(CSc1nnc(COc2ccc3c(c2)CCCC3)o1)Nc1cc(C(F)(F)F)ccc1Cl. The van der Waals surface area contributed by atoms with E-state index in [0.717, 1.165) is 48.6 Å². The molecule has 0 radical (unpaired) electrons. The number of carbonyl (C=O) groups excluding carboxylic acids is 1. The Balaban J connectivity index is 1.28. The van der Waals surface area contributed by atoms with Crippen molar-refractivity contribution in [3.8, 4) is 5.75 Å². The number of benzene rings is 2. The van der Waals surface area contributed by atoms with Crippen molar-refractivity contribution < 1.29 is 27.1 Å². The van der Waals surface area contributed by atoms with Gasteiger partial charge in [-0.05, 0) is 67.1 Å². The topological polar surface area (TPSA) is 77.2 Å². The fourth-order valence-corrected chi connectivity index (χ4v) is 4.16. The third kappa shape index (κ3) is 6.20. The van der Waals surface area contributed by atoms with Gasteiger partial charge in [0.25, 0.3) is 11.1 Å². The lowest BCUT2D eigenvalue weighted by Crippen LogP contribution is -2.15. The summed E-state index contributed by atoms with van der Waals surface area (Å²) in [7, 11) is 0. The van der Waals surface area contributed by atoms with E-state index in [-0.39, 0.29) is 34.2 Å². The summed E-state index contributed by atoms with van der Waals surface area (Å²) in [4.78, 5) is 12.1. The number of rotatable bonds is 7. The van der Waals surface area contributed by atoms with Gasteiger partial charge in [-0.3, -0.25) is 4.79 Å². The van der Waals surface area contributed by atoms with Crippen LogP contribution < -0.4 is 10.1 Å². The van der Waals surface area contributed by atoms with Gasteiger partial charge in [0.2, 0.25) is 5.91 Å². The Bertz CT molecular complexity index is 1150. The average Bonchev–Trinajstić information content (AvgIpc) is 3.25. The fraction of sp³-hybridized carbons (Fsp3) is 0.318. The highest BCUT2D eigenvalue weighted by molar-refractivity contribution is 7.99. The molecule has 0 saturated carbocycles. The lowest BCUT2D eigenvalue weighted by Gasteiger charge is -2.16. The van der Waals surface area contributed by atoms with Crippen LogP contribution in [-0.2, 0) is 30.4 Å². The van der Waals surface area contributed by atoms with Crippen molar-refractivity contribution in [1.82, 2.24) is 10.2 Å². The molecule has 2 aromatic carbocycles. The van der Waals surface area contributed by atoms with Crippen LogP contribution in [0.5, 0.6) is 5.75 Å². The maximum atomic E-state index is 12.9. The number of anilines is 1.